The first-order chi connectivity index (χ1) is 10.6. The van der Waals surface area contributed by atoms with Gasteiger partial charge in [0.1, 0.15) is 0 Å². The number of amides is 2. The normalized spacial score (nSPS) is 24.5. The summed E-state index contributed by atoms with van der Waals surface area (Å²) < 4.78 is 0. The molecule has 0 bridgehead atoms. The summed E-state index contributed by atoms with van der Waals surface area (Å²) in [4.78, 5) is 26.2. The molecule has 1 saturated carbocycles. The molecule has 2 fully saturated rings. The van der Waals surface area contributed by atoms with E-state index in [4.69, 9.17) is 0 Å². The number of benzene rings is 1. The minimum atomic E-state index is -0.116. The van der Waals surface area contributed by atoms with Gasteiger partial charge in [-0.1, -0.05) is 18.9 Å². The number of rotatable bonds is 2. The molecular weight excluding hydrogens is 276 g/mol. The maximum Gasteiger partial charge on any atom is 0.254 e. The number of nitrogens with one attached hydrogen (secondary N) is 1. The molecule has 1 aliphatic heterocycles. The van der Waals surface area contributed by atoms with Crippen LogP contribution in [0.15, 0.2) is 24.3 Å². The first-order valence-corrected chi connectivity index (χ1v) is 8.34. The van der Waals surface area contributed by atoms with Gasteiger partial charge in [-0.15, -0.1) is 0 Å². The lowest BCUT2D eigenvalue weighted by Gasteiger charge is -2.44. The average molecular weight is 300 g/mol. The van der Waals surface area contributed by atoms with E-state index in [0.717, 1.165) is 19.4 Å². The molecule has 0 unspecified atom stereocenters. The topological polar surface area (TPSA) is 49.4 Å². The fourth-order valence-corrected chi connectivity index (χ4v) is 3.98. The Balaban J connectivity index is 1.79. The van der Waals surface area contributed by atoms with Crippen LogP contribution in [0.3, 0.4) is 0 Å². The van der Waals surface area contributed by atoms with Crippen molar-refractivity contribution in [1.82, 2.24) is 4.90 Å². The van der Waals surface area contributed by atoms with Crippen molar-refractivity contribution in [1.29, 1.82) is 0 Å². The number of carbonyl (C=O) groups excluding carboxylic acids is 2. The van der Waals surface area contributed by atoms with Crippen molar-refractivity contribution in [2.24, 2.45) is 5.92 Å². The van der Waals surface area contributed by atoms with Crippen molar-refractivity contribution in [3.63, 3.8) is 0 Å². The third-order valence-electron chi connectivity index (χ3n) is 4.93. The Labute approximate surface area is 131 Å². The fraction of sp³-hybridized carbons (Fsp3) is 0.556. The predicted octanol–water partition coefficient (Wildman–Crippen LogP) is 3.44. The number of likely N-dealkylation sites (tertiary alicyclic amines) is 1. The lowest BCUT2D eigenvalue weighted by Crippen LogP contribution is -2.49. The standard InChI is InChI=1S/C18H24N2O2/c1-13(21)19-16-9-4-7-15(12-16)18(22)20-11-5-8-14-6-2-3-10-17(14)20/h4,7,9,12,14,17H,2-3,5-6,8,10-11H2,1H3,(H,19,21)/t14-,17-/m1/s1. The van der Waals surface area contributed by atoms with E-state index in [1.165, 1.54) is 32.6 Å². The largest absolute Gasteiger partial charge is 0.335 e. The van der Waals surface area contributed by atoms with E-state index >= 15 is 0 Å². The molecule has 3 rings (SSSR count). The van der Waals surface area contributed by atoms with Crippen LogP contribution in [0.5, 0.6) is 0 Å². The monoisotopic (exact) mass is 300 g/mol. The molecule has 1 saturated heterocycles. The van der Waals surface area contributed by atoms with E-state index in [-0.39, 0.29) is 11.8 Å². The van der Waals surface area contributed by atoms with E-state index in [1.54, 1.807) is 6.07 Å². The van der Waals surface area contributed by atoms with E-state index in [2.05, 4.69) is 10.2 Å². The zero-order chi connectivity index (χ0) is 15.5. The molecule has 4 nitrogen and oxygen atoms in total. The minimum Gasteiger partial charge on any atom is -0.335 e. The summed E-state index contributed by atoms with van der Waals surface area (Å²) >= 11 is 0. The summed E-state index contributed by atoms with van der Waals surface area (Å²) in [6, 6.07) is 7.70. The van der Waals surface area contributed by atoms with Gasteiger partial charge in [-0.2, -0.15) is 0 Å². The van der Waals surface area contributed by atoms with Gasteiger partial charge in [0.25, 0.3) is 5.91 Å². The molecule has 2 atom stereocenters. The highest BCUT2D eigenvalue weighted by molar-refractivity contribution is 5.97. The molecule has 1 heterocycles. The maximum atomic E-state index is 12.9. The third-order valence-corrected chi connectivity index (χ3v) is 4.93. The zero-order valence-electron chi connectivity index (χ0n) is 13.2. The van der Waals surface area contributed by atoms with Gasteiger partial charge < -0.3 is 10.2 Å². The van der Waals surface area contributed by atoms with Gasteiger partial charge in [0, 0.05) is 30.8 Å². The Kier molecular flexibility index (Phi) is 4.46. The summed E-state index contributed by atoms with van der Waals surface area (Å²) in [7, 11) is 0. The number of nitrogens with zero attached hydrogens (tertiary/aromatic N) is 1. The van der Waals surface area contributed by atoms with Crippen molar-refractivity contribution >= 4 is 17.5 Å². The number of anilines is 1. The summed E-state index contributed by atoms with van der Waals surface area (Å²) in [5.41, 5.74) is 1.37. The summed E-state index contributed by atoms with van der Waals surface area (Å²) in [6.45, 7) is 2.34. The Bertz CT molecular complexity index is 568. The Morgan fingerprint density at radius 1 is 1.14 bits per heavy atom. The summed E-state index contributed by atoms with van der Waals surface area (Å²) in [5.74, 6) is 0.684. The first kappa shape index (κ1) is 15.1. The molecule has 1 aliphatic carbocycles. The van der Waals surface area contributed by atoms with Gasteiger partial charge in [-0.05, 0) is 49.8 Å². The van der Waals surface area contributed by atoms with Crippen LogP contribution in [0.2, 0.25) is 0 Å². The van der Waals surface area contributed by atoms with Gasteiger partial charge in [-0.3, -0.25) is 9.59 Å². The molecule has 1 aromatic carbocycles. The number of hydrogen-bond acceptors (Lipinski definition) is 2. The van der Waals surface area contributed by atoms with Crippen molar-refractivity contribution in [2.45, 2.75) is 51.5 Å². The second-order valence-electron chi connectivity index (χ2n) is 6.51. The van der Waals surface area contributed by atoms with Crippen molar-refractivity contribution < 1.29 is 9.59 Å². The van der Waals surface area contributed by atoms with Gasteiger partial charge in [0.15, 0.2) is 0 Å². The Morgan fingerprint density at radius 2 is 1.91 bits per heavy atom. The van der Waals surface area contributed by atoms with Crippen molar-refractivity contribution in [3.05, 3.63) is 29.8 Å². The highest BCUT2D eigenvalue weighted by atomic mass is 16.2. The predicted molar refractivity (Wildman–Crippen MR) is 86.8 cm³/mol. The molecule has 1 N–H and O–H groups in total. The minimum absolute atomic E-state index is 0.115. The molecule has 0 spiro atoms. The quantitative estimate of drug-likeness (QED) is 0.909. The molecular formula is C18H24N2O2. The van der Waals surface area contributed by atoms with Crippen molar-refractivity contribution in [3.8, 4) is 0 Å². The number of hydrogen-bond donors (Lipinski definition) is 1. The Hall–Kier alpha value is -1.84. The van der Waals surface area contributed by atoms with Crippen LogP contribution in [-0.4, -0.2) is 29.3 Å². The molecule has 118 valence electrons. The third kappa shape index (κ3) is 3.16. The molecule has 2 amide bonds. The first-order valence-electron chi connectivity index (χ1n) is 8.34. The highest BCUT2D eigenvalue weighted by Gasteiger charge is 2.35. The number of carbonyl (C=O) groups is 2. The van der Waals surface area contributed by atoms with Gasteiger partial charge in [0.2, 0.25) is 5.91 Å². The van der Waals surface area contributed by atoms with Crippen LogP contribution >= 0.6 is 0 Å². The van der Waals surface area contributed by atoms with E-state index in [1.807, 2.05) is 18.2 Å². The summed E-state index contributed by atoms with van der Waals surface area (Å²) in [5, 5.41) is 2.75. The average Bonchev–Trinajstić information content (AvgIpc) is 2.53. The molecule has 22 heavy (non-hydrogen) atoms. The van der Waals surface area contributed by atoms with Gasteiger partial charge >= 0.3 is 0 Å². The second-order valence-corrected chi connectivity index (χ2v) is 6.51. The molecule has 2 aliphatic rings. The number of fused-ring (bicyclic) bond motifs is 1. The smallest absolute Gasteiger partial charge is 0.254 e. The number of piperidine rings is 1. The van der Waals surface area contributed by atoms with Crippen molar-refractivity contribution in [2.75, 3.05) is 11.9 Å². The molecule has 0 aromatic heterocycles. The summed E-state index contributed by atoms with van der Waals surface area (Å²) in [6.07, 6.45) is 7.32. The van der Waals surface area contributed by atoms with E-state index < -0.39 is 0 Å². The lowest BCUT2D eigenvalue weighted by molar-refractivity contribution is -0.114. The Morgan fingerprint density at radius 3 is 2.73 bits per heavy atom. The van der Waals surface area contributed by atoms with E-state index in [9.17, 15) is 9.59 Å². The second kappa shape index (κ2) is 6.51. The van der Waals surface area contributed by atoms with Gasteiger partial charge in [0.05, 0.1) is 0 Å². The fourth-order valence-electron chi connectivity index (χ4n) is 3.98. The lowest BCUT2D eigenvalue weighted by atomic mass is 9.78. The van der Waals surface area contributed by atoms with Crippen LogP contribution in [0.1, 0.15) is 55.8 Å². The molecule has 4 heteroatoms. The van der Waals surface area contributed by atoms with Gasteiger partial charge in [-0.25, -0.2) is 0 Å². The van der Waals surface area contributed by atoms with Crippen LogP contribution in [-0.2, 0) is 4.79 Å². The zero-order valence-corrected chi connectivity index (χ0v) is 13.2. The van der Waals surface area contributed by atoms with Crippen LogP contribution in [0.25, 0.3) is 0 Å². The van der Waals surface area contributed by atoms with E-state index in [0.29, 0.717) is 23.2 Å². The highest BCUT2D eigenvalue weighted by Crippen LogP contribution is 2.36. The SMILES string of the molecule is CC(=O)Nc1cccc(C(=O)N2CCC[C@H]3CCCC[C@H]32)c1. The van der Waals surface area contributed by atoms with Crippen LogP contribution in [0, 0.1) is 5.92 Å². The maximum absolute atomic E-state index is 12.9. The molecule has 0 radical (unpaired) electrons. The van der Waals surface area contributed by atoms with Crippen LogP contribution < -0.4 is 5.32 Å². The van der Waals surface area contributed by atoms with Crippen LogP contribution in [0.4, 0.5) is 5.69 Å². The molecule has 1 aromatic rings.